The topological polar surface area (TPSA) is 79.8 Å². The number of hydrogen-bond acceptors (Lipinski definition) is 6. The summed E-state index contributed by atoms with van der Waals surface area (Å²) in [6.45, 7) is 1.81. The molecule has 0 aromatic carbocycles. The third kappa shape index (κ3) is 2.74. The van der Waals surface area contributed by atoms with E-state index in [1.807, 2.05) is 6.92 Å². The fourth-order valence-corrected chi connectivity index (χ4v) is 2.04. The molecule has 0 radical (unpaired) electrons. The number of carbonyl (C=O) groups excluding carboxylic acids is 1. The number of anilines is 2. The Labute approximate surface area is 112 Å². The second-order valence-corrected chi connectivity index (χ2v) is 4.97. The monoisotopic (exact) mass is 283 g/mol. The normalized spacial score (nSPS) is 10.2. The van der Waals surface area contributed by atoms with Crippen LogP contribution < -0.4 is 10.6 Å². The maximum atomic E-state index is 12.0. The molecule has 0 saturated heterocycles. The van der Waals surface area contributed by atoms with Crippen molar-refractivity contribution in [3.8, 4) is 0 Å². The first-order chi connectivity index (χ1) is 8.60. The van der Waals surface area contributed by atoms with Gasteiger partial charge in [-0.3, -0.25) is 10.1 Å². The first-order valence-corrected chi connectivity index (χ1v) is 6.24. The number of pyridine rings is 1. The molecule has 0 atom stereocenters. The molecule has 2 heterocycles. The maximum Gasteiger partial charge on any atom is 0.259 e. The van der Waals surface area contributed by atoms with Gasteiger partial charge in [-0.2, -0.15) is 0 Å². The Bertz CT molecular complexity index is 585. The number of nitrogens with one attached hydrogen (secondary N) is 2. The Morgan fingerprint density at radius 2 is 2.22 bits per heavy atom. The van der Waals surface area contributed by atoms with E-state index in [0.717, 1.165) is 5.01 Å². The van der Waals surface area contributed by atoms with Crippen LogP contribution >= 0.6 is 22.9 Å². The van der Waals surface area contributed by atoms with Crippen LogP contribution in [-0.2, 0) is 0 Å². The summed E-state index contributed by atoms with van der Waals surface area (Å²) < 4.78 is 0. The molecule has 6 nitrogen and oxygen atoms in total. The van der Waals surface area contributed by atoms with Gasteiger partial charge in [0.2, 0.25) is 5.13 Å². The summed E-state index contributed by atoms with van der Waals surface area (Å²) >= 11 is 7.23. The Morgan fingerprint density at radius 1 is 1.44 bits per heavy atom. The summed E-state index contributed by atoms with van der Waals surface area (Å²) in [7, 11) is 1.71. The molecule has 8 heteroatoms. The minimum Gasteiger partial charge on any atom is -0.373 e. The van der Waals surface area contributed by atoms with Crippen LogP contribution in [0.1, 0.15) is 15.4 Å². The zero-order chi connectivity index (χ0) is 13.1. The molecule has 0 bridgehead atoms. The molecule has 0 spiro atoms. The van der Waals surface area contributed by atoms with Crippen LogP contribution in [0, 0.1) is 6.92 Å². The minimum atomic E-state index is -0.338. The lowest BCUT2D eigenvalue weighted by Gasteiger charge is -2.05. The van der Waals surface area contributed by atoms with E-state index in [1.54, 1.807) is 13.1 Å². The van der Waals surface area contributed by atoms with Crippen LogP contribution in [0.25, 0.3) is 0 Å². The van der Waals surface area contributed by atoms with Crippen LogP contribution in [-0.4, -0.2) is 28.1 Å². The Balaban J connectivity index is 2.23. The van der Waals surface area contributed by atoms with Crippen LogP contribution in [0.5, 0.6) is 0 Å². The quantitative estimate of drug-likeness (QED) is 0.902. The number of rotatable bonds is 3. The highest BCUT2D eigenvalue weighted by Crippen LogP contribution is 2.20. The van der Waals surface area contributed by atoms with Gasteiger partial charge in [0.1, 0.15) is 10.8 Å². The second-order valence-electron chi connectivity index (χ2n) is 3.38. The molecule has 94 valence electrons. The highest BCUT2D eigenvalue weighted by Gasteiger charge is 2.13. The highest BCUT2D eigenvalue weighted by atomic mass is 35.5. The van der Waals surface area contributed by atoms with Crippen LogP contribution in [0.15, 0.2) is 12.3 Å². The largest absolute Gasteiger partial charge is 0.373 e. The molecule has 2 aromatic heterocycles. The van der Waals surface area contributed by atoms with E-state index in [0.29, 0.717) is 16.5 Å². The molecular formula is C10H10ClN5OS. The summed E-state index contributed by atoms with van der Waals surface area (Å²) in [6.07, 6.45) is 1.42. The molecule has 0 aliphatic carbocycles. The fraction of sp³-hybridized carbons (Fsp3) is 0.200. The summed E-state index contributed by atoms with van der Waals surface area (Å²) in [4.78, 5) is 16.0. The van der Waals surface area contributed by atoms with Crippen LogP contribution in [0.2, 0.25) is 5.02 Å². The van der Waals surface area contributed by atoms with E-state index >= 15 is 0 Å². The summed E-state index contributed by atoms with van der Waals surface area (Å²) in [5.74, 6) is 0.230. The average molecular weight is 284 g/mol. The molecule has 0 aliphatic rings. The van der Waals surface area contributed by atoms with E-state index in [1.165, 1.54) is 17.5 Å². The molecule has 18 heavy (non-hydrogen) atoms. The van der Waals surface area contributed by atoms with Gasteiger partial charge in [0.05, 0.1) is 10.6 Å². The van der Waals surface area contributed by atoms with Crippen molar-refractivity contribution < 1.29 is 4.79 Å². The molecule has 1 amide bonds. The van der Waals surface area contributed by atoms with Gasteiger partial charge in [-0.15, -0.1) is 10.2 Å². The Kier molecular flexibility index (Phi) is 3.73. The predicted molar refractivity (Wildman–Crippen MR) is 71.4 cm³/mol. The van der Waals surface area contributed by atoms with Crippen molar-refractivity contribution in [3.63, 3.8) is 0 Å². The van der Waals surface area contributed by atoms with Crippen molar-refractivity contribution in [2.45, 2.75) is 6.92 Å². The van der Waals surface area contributed by atoms with Gasteiger partial charge in [-0.1, -0.05) is 22.9 Å². The average Bonchev–Trinajstić information content (AvgIpc) is 2.75. The first-order valence-electron chi connectivity index (χ1n) is 5.05. The zero-order valence-corrected chi connectivity index (χ0v) is 11.3. The number of carbonyl (C=O) groups is 1. The molecule has 2 N–H and O–H groups in total. The van der Waals surface area contributed by atoms with Gasteiger partial charge in [0, 0.05) is 13.2 Å². The second kappa shape index (κ2) is 5.28. The number of hydrogen-bond donors (Lipinski definition) is 2. The molecule has 2 aromatic rings. The molecule has 0 fully saturated rings. The van der Waals surface area contributed by atoms with Gasteiger partial charge < -0.3 is 5.32 Å². The van der Waals surface area contributed by atoms with E-state index < -0.39 is 0 Å². The first kappa shape index (κ1) is 12.7. The zero-order valence-electron chi connectivity index (χ0n) is 9.69. The molecule has 0 unspecified atom stereocenters. The Hall–Kier alpha value is -1.73. The molecule has 2 rings (SSSR count). The summed E-state index contributed by atoms with van der Waals surface area (Å²) in [6, 6.07) is 1.57. The van der Waals surface area contributed by atoms with Gasteiger partial charge in [-0.25, -0.2) is 4.98 Å². The SMILES string of the molecule is CNc1cc(C(=O)Nc2nnc(C)s2)c(Cl)cn1. The van der Waals surface area contributed by atoms with Gasteiger partial charge in [0.15, 0.2) is 0 Å². The van der Waals surface area contributed by atoms with E-state index in [4.69, 9.17) is 11.6 Å². The minimum absolute atomic E-state index is 0.285. The molecule has 0 aliphatic heterocycles. The van der Waals surface area contributed by atoms with Crippen LogP contribution in [0.3, 0.4) is 0 Å². The van der Waals surface area contributed by atoms with E-state index in [-0.39, 0.29) is 10.9 Å². The van der Waals surface area contributed by atoms with Crippen molar-refractivity contribution >= 4 is 39.8 Å². The lowest BCUT2D eigenvalue weighted by atomic mass is 10.2. The summed E-state index contributed by atoms with van der Waals surface area (Å²) in [5.41, 5.74) is 0.337. The van der Waals surface area contributed by atoms with Crippen LogP contribution in [0.4, 0.5) is 10.9 Å². The number of amides is 1. The lowest BCUT2D eigenvalue weighted by Crippen LogP contribution is -2.13. The van der Waals surface area contributed by atoms with Gasteiger partial charge in [0.25, 0.3) is 5.91 Å². The van der Waals surface area contributed by atoms with Crippen molar-refractivity contribution in [1.82, 2.24) is 15.2 Å². The lowest BCUT2D eigenvalue weighted by molar-refractivity contribution is 0.102. The predicted octanol–water partition coefficient (Wildman–Crippen LogP) is 2.19. The Morgan fingerprint density at radius 3 is 2.83 bits per heavy atom. The van der Waals surface area contributed by atoms with Crippen molar-refractivity contribution in [1.29, 1.82) is 0 Å². The number of aromatic nitrogens is 3. The third-order valence-electron chi connectivity index (χ3n) is 2.10. The number of halogens is 1. The fourth-order valence-electron chi connectivity index (χ4n) is 1.26. The van der Waals surface area contributed by atoms with E-state index in [2.05, 4.69) is 25.8 Å². The van der Waals surface area contributed by atoms with Crippen molar-refractivity contribution in [2.24, 2.45) is 0 Å². The highest BCUT2D eigenvalue weighted by molar-refractivity contribution is 7.15. The van der Waals surface area contributed by atoms with Gasteiger partial charge >= 0.3 is 0 Å². The standard InChI is InChI=1S/C10H10ClN5OS/c1-5-15-16-10(18-5)14-9(17)6-3-8(12-2)13-4-7(6)11/h3-4H,1-2H3,(H,12,13)(H,14,16,17). The number of nitrogens with zero attached hydrogens (tertiary/aromatic N) is 3. The maximum absolute atomic E-state index is 12.0. The number of aryl methyl sites for hydroxylation is 1. The van der Waals surface area contributed by atoms with Crippen molar-refractivity contribution in [2.75, 3.05) is 17.7 Å². The third-order valence-corrected chi connectivity index (χ3v) is 3.16. The molecule has 0 saturated carbocycles. The summed E-state index contributed by atoms with van der Waals surface area (Å²) in [5, 5.41) is 14.6. The van der Waals surface area contributed by atoms with E-state index in [9.17, 15) is 4.79 Å². The van der Waals surface area contributed by atoms with Gasteiger partial charge in [-0.05, 0) is 13.0 Å². The smallest absolute Gasteiger partial charge is 0.259 e. The molecular weight excluding hydrogens is 274 g/mol. The van der Waals surface area contributed by atoms with Crippen molar-refractivity contribution in [3.05, 3.63) is 27.9 Å².